The molecule has 2 aromatic rings. The molecule has 0 saturated carbocycles. The lowest BCUT2D eigenvalue weighted by molar-refractivity contribution is -0.143. The first-order chi connectivity index (χ1) is 15.2. The number of benzene rings is 2. The van der Waals surface area contributed by atoms with Crippen LogP contribution in [0.2, 0.25) is 15.1 Å². The molecule has 2 aromatic carbocycles. The van der Waals surface area contributed by atoms with Crippen LogP contribution in [0.3, 0.4) is 0 Å². The summed E-state index contributed by atoms with van der Waals surface area (Å²) >= 11 is 21.9. The normalized spacial score (nSPS) is 12.7. The number of nitrogens with one attached hydrogen (secondary N) is 1. The van der Waals surface area contributed by atoms with Gasteiger partial charge < -0.3 is 15.0 Å². The van der Waals surface area contributed by atoms with Crippen molar-refractivity contribution in [2.45, 2.75) is 52.2 Å². The largest absolute Gasteiger partial charge is 0.482 e. The molecule has 0 aliphatic heterocycles. The summed E-state index contributed by atoms with van der Waals surface area (Å²) in [6.45, 7) is 5.62. The number of hydrogen-bond donors (Lipinski definition) is 1. The lowest BCUT2D eigenvalue weighted by Gasteiger charge is -2.31. The lowest BCUT2D eigenvalue weighted by Crippen LogP contribution is -2.51. The van der Waals surface area contributed by atoms with E-state index in [1.165, 1.54) is 4.90 Å². The van der Waals surface area contributed by atoms with Crippen LogP contribution in [0.1, 0.15) is 39.2 Å². The number of carbonyl (C=O) groups excluding carboxylic acids is 2. The molecule has 0 spiro atoms. The molecule has 0 saturated heterocycles. The lowest BCUT2D eigenvalue weighted by atomic mass is 10.1. The van der Waals surface area contributed by atoms with Crippen molar-refractivity contribution in [3.05, 3.63) is 61.5 Å². The molecule has 0 aliphatic rings. The van der Waals surface area contributed by atoms with Gasteiger partial charge in [-0.25, -0.2) is 0 Å². The molecule has 174 valence electrons. The Bertz CT molecular complexity index is 958. The van der Waals surface area contributed by atoms with Gasteiger partial charge in [0.2, 0.25) is 5.91 Å². The maximum absolute atomic E-state index is 13.2. The zero-order chi connectivity index (χ0) is 23.8. The van der Waals surface area contributed by atoms with Gasteiger partial charge in [-0.2, -0.15) is 0 Å². The molecule has 0 heterocycles. The molecule has 2 amide bonds. The van der Waals surface area contributed by atoms with E-state index in [1.54, 1.807) is 36.4 Å². The summed E-state index contributed by atoms with van der Waals surface area (Å²) in [4.78, 5) is 27.7. The van der Waals surface area contributed by atoms with Crippen LogP contribution in [0.5, 0.6) is 5.75 Å². The van der Waals surface area contributed by atoms with Crippen molar-refractivity contribution in [3.63, 3.8) is 0 Å². The number of ether oxygens (including phenoxy) is 1. The summed E-state index contributed by atoms with van der Waals surface area (Å²) in [6.07, 6.45) is 1.21. The molecule has 0 fully saturated rings. The highest BCUT2D eigenvalue weighted by atomic mass is 79.9. The van der Waals surface area contributed by atoms with Crippen LogP contribution in [-0.2, 0) is 16.1 Å². The topological polar surface area (TPSA) is 58.6 Å². The van der Waals surface area contributed by atoms with Gasteiger partial charge in [0.15, 0.2) is 6.61 Å². The van der Waals surface area contributed by atoms with Crippen molar-refractivity contribution in [2.75, 3.05) is 6.61 Å². The number of halogens is 4. The second-order valence-electron chi connectivity index (χ2n) is 7.36. The Morgan fingerprint density at radius 2 is 1.78 bits per heavy atom. The standard InChI is InChI=1S/C23H26BrCl3N2O3/c1-4-14(3)28-23(31)20(5-2)29(12-15-6-8-17(25)11-18(15)26)22(30)13-32-21-9-7-16(24)10-19(21)27/h6-11,14,20H,4-5,12-13H2,1-3H3,(H,28,31)/t14-,20+/m0/s1. The predicted molar refractivity (Wildman–Crippen MR) is 134 cm³/mol. The molecule has 0 aliphatic carbocycles. The zero-order valence-electron chi connectivity index (χ0n) is 18.1. The molecular weight excluding hydrogens is 539 g/mol. The fourth-order valence-corrected chi connectivity index (χ4v) is 4.20. The smallest absolute Gasteiger partial charge is 0.261 e. The Kier molecular flexibility index (Phi) is 10.6. The monoisotopic (exact) mass is 562 g/mol. The van der Waals surface area contributed by atoms with Crippen LogP contribution in [0.25, 0.3) is 0 Å². The summed E-state index contributed by atoms with van der Waals surface area (Å²) in [7, 11) is 0. The third-order valence-corrected chi connectivity index (χ3v) is 6.36. The number of amides is 2. The van der Waals surface area contributed by atoms with Gasteiger partial charge in [0.05, 0.1) is 5.02 Å². The molecule has 2 rings (SSSR count). The maximum atomic E-state index is 13.2. The molecule has 32 heavy (non-hydrogen) atoms. The van der Waals surface area contributed by atoms with E-state index in [2.05, 4.69) is 21.2 Å². The third-order valence-electron chi connectivity index (χ3n) is 4.99. The Morgan fingerprint density at radius 1 is 1.06 bits per heavy atom. The molecule has 0 bridgehead atoms. The molecule has 1 N–H and O–H groups in total. The number of carbonyl (C=O) groups is 2. The quantitative estimate of drug-likeness (QED) is 0.358. The molecule has 0 unspecified atom stereocenters. The third kappa shape index (κ3) is 7.55. The van der Waals surface area contributed by atoms with Gasteiger partial charge >= 0.3 is 0 Å². The number of hydrogen-bond acceptors (Lipinski definition) is 3. The van der Waals surface area contributed by atoms with Crippen molar-refractivity contribution in [2.24, 2.45) is 0 Å². The van der Waals surface area contributed by atoms with Crippen molar-refractivity contribution in [3.8, 4) is 5.75 Å². The van der Waals surface area contributed by atoms with Crippen LogP contribution in [-0.4, -0.2) is 35.4 Å². The molecule has 5 nitrogen and oxygen atoms in total. The summed E-state index contributed by atoms with van der Waals surface area (Å²) in [6, 6.07) is 9.48. The summed E-state index contributed by atoms with van der Waals surface area (Å²) in [5, 5.41) is 4.25. The van der Waals surface area contributed by atoms with E-state index in [4.69, 9.17) is 39.5 Å². The van der Waals surface area contributed by atoms with E-state index in [0.717, 1.165) is 10.9 Å². The average Bonchev–Trinajstić information content (AvgIpc) is 2.74. The maximum Gasteiger partial charge on any atom is 0.261 e. The SMILES string of the molecule is CC[C@H](C(=O)N[C@@H](C)CC)N(Cc1ccc(Cl)cc1Cl)C(=O)COc1ccc(Br)cc1Cl. The summed E-state index contributed by atoms with van der Waals surface area (Å²) in [5.74, 6) is -0.201. The van der Waals surface area contributed by atoms with Crippen molar-refractivity contribution in [1.82, 2.24) is 10.2 Å². The van der Waals surface area contributed by atoms with Crippen molar-refractivity contribution >= 4 is 62.5 Å². The summed E-state index contributed by atoms with van der Waals surface area (Å²) < 4.78 is 6.47. The number of nitrogens with zero attached hydrogens (tertiary/aromatic N) is 1. The number of rotatable bonds is 10. The van der Waals surface area contributed by atoms with Gasteiger partial charge in [-0.1, -0.05) is 70.6 Å². The average molecular weight is 565 g/mol. The second kappa shape index (κ2) is 12.7. The van der Waals surface area contributed by atoms with E-state index in [0.29, 0.717) is 32.8 Å². The van der Waals surface area contributed by atoms with Crippen molar-refractivity contribution < 1.29 is 14.3 Å². The Hall–Kier alpha value is -1.47. The Balaban J connectivity index is 2.28. The van der Waals surface area contributed by atoms with Crippen LogP contribution < -0.4 is 10.1 Å². The van der Waals surface area contributed by atoms with Crippen LogP contribution >= 0.6 is 50.7 Å². The van der Waals surface area contributed by atoms with Gasteiger partial charge in [-0.15, -0.1) is 0 Å². The summed E-state index contributed by atoms with van der Waals surface area (Å²) in [5.41, 5.74) is 0.681. The minimum Gasteiger partial charge on any atom is -0.482 e. The van der Waals surface area contributed by atoms with Gasteiger partial charge in [0, 0.05) is 27.1 Å². The van der Waals surface area contributed by atoms with Crippen molar-refractivity contribution in [1.29, 1.82) is 0 Å². The van der Waals surface area contributed by atoms with Crippen LogP contribution in [0.4, 0.5) is 0 Å². The molecule has 2 atom stereocenters. The Morgan fingerprint density at radius 3 is 2.38 bits per heavy atom. The van der Waals surface area contributed by atoms with E-state index in [9.17, 15) is 9.59 Å². The molecule has 9 heteroatoms. The zero-order valence-corrected chi connectivity index (χ0v) is 22.0. The predicted octanol–water partition coefficient (Wildman–Crippen LogP) is 6.51. The van der Waals surface area contributed by atoms with E-state index >= 15 is 0 Å². The van der Waals surface area contributed by atoms with Gasteiger partial charge in [0.1, 0.15) is 11.8 Å². The van der Waals surface area contributed by atoms with Crippen LogP contribution in [0, 0.1) is 0 Å². The second-order valence-corrected chi connectivity index (χ2v) is 9.53. The first-order valence-electron chi connectivity index (χ1n) is 10.3. The highest BCUT2D eigenvalue weighted by molar-refractivity contribution is 9.10. The van der Waals surface area contributed by atoms with Gasteiger partial charge in [-0.05, 0) is 55.7 Å². The van der Waals surface area contributed by atoms with E-state index < -0.39 is 6.04 Å². The highest BCUT2D eigenvalue weighted by Gasteiger charge is 2.30. The fourth-order valence-electron chi connectivity index (χ4n) is 3.01. The minimum absolute atomic E-state index is 0.00885. The highest BCUT2D eigenvalue weighted by Crippen LogP contribution is 2.28. The molecular formula is C23H26BrCl3N2O3. The first-order valence-corrected chi connectivity index (χ1v) is 12.2. The van der Waals surface area contributed by atoms with E-state index in [1.807, 2.05) is 20.8 Å². The van der Waals surface area contributed by atoms with Crippen LogP contribution in [0.15, 0.2) is 40.9 Å². The molecule has 0 aromatic heterocycles. The first kappa shape index (κ1) is 26.8. The fraction of sp³-hybridized carbons (Fsp3) is 0.391. The Labute approximate surface area is 212 Å². The van der Waals surface area contributed by atoms with E-state index in [-0.39, 0.29) is 31.0 Å². The van der Waals surface area contributed by atoms with Gasteiger partial charge in [0.25, 0.3) is 5.91 Å². The minimum atomic E-state index is -0.688. The molecule has 0 radical (unpaired) electrons. The van der Waals surface area contributed by atoms with Gasteiger partial charge in [-0.3, -0.25) is 9.59 Å².